The molecule has 0 saturated heterocycles. The van der Waals surface area contributed by atoms with Crippen molar-refractivity contribution in [2.24, 2.45) is 0 Å². The van der Waals surface area contributed by atoms with Crippen molar-refractivity contribution in [1.29, 1.82) is 0 Å². The molecule has 0 radical (unpaired) electrons. The van der Waals surface area contributed by atoms with Gasteiger partial charge in [-0.05, 0) is 13.8 Å². The summed E-state index contributed by atoms with van der Waals surface area (Å²) in [5, 5.41) is 0. The maximum atomic E-state index is 11.1. The van der Waals surface area contributed by atoms with Crippen molar-refractivity contribution in [2.45, 2.75) is 20.3 Å². The van der Waals surface area contributed by atoms with Crippen molar-refractivity contribution in [1.82, 2.24) is 4.72 Å². The third-order valence-corrected chi connectivity index (χ3v) is 2.78. The summed E-state index contributed by atoms with van der Waals surface area (Å²) in [5.41, 5.74) is 0. The Bertz CT molecular complexity index is 322. The highest BCUT2D eigenvalue weighted by molar-refractivity contribution is 7.90. The van der Waals surface area contributed by atoms with Crippen molar-refractivity contribution in [3.8, 4) is 0 Å². The molecule has 0 saturated carbocycles. The predicted molar refractivity (Wildman–Crippen MR) is 53.7 cm³/mol. The molecule has 0 bridgehead atoms. The lowest BCUT2D eigenvalue weighted by Gasteiger charge is -2.04. The third kappa shape index (κ3) is 8.07. The van der Waals surface area contributed by atoms with E-state index < -0.39 is 27.5 Å². The van der Waals surface area contributed by atoms with Gasteiger partial charge in [0, 0.05) is 6.54 Å². The molecule has 1 N–H and O–H groups in total. The summed E-state index contributed by atoms with van der Waals surface area (Å²) in [5.74, 6) is -1.47. The fraction of sp³-hybridized carbons (Fsp3) is 0.750. The number of rotatable bonds is 7. The van der Waals surface area contributed by atoms with E-state index in [0.29, 0.717) is 0 Å². The number of hydrogen-bond acceptors (Lipinski definition) is 5. The Morgan fingerprint density at radius 2 is 1.93 bits per heavy atom. The van der Waals surface area contributed by atoms with Gasteiger partial charge in [0.1, 0.15) is 11.5 Å². The van der Waals surface area contributed by atoms with Crippen LogP contribution in [0.25, 0.3) is 0 Å². The lowest BCUT2D eigenvalue weighted by atomic mass is 10.4. The van der Waals surface area contributed by atoms with Gasteiger partial charge in [-0.15, -0.1) is 0 Å². The van der Waals surface area contributed by atoms with Crippen LogP contribution in [0, 0.1) is 0 Å². The quantitative estimate of drug-likeness (QED) is 0.600. The van der Waals surface area contributed by atoms with Gasteiger partial charge >= 0.3 is 5.97 Å². The van der Waals surface area contributed by atoms with Crippen LogP contribution in [0.1, 0.15) is 20.3 Å². The fourth-order valence-corrected chi connectivity index (χ4v) is 1.91. The predicted octanol–water partition coefficient (Wildman–Crippen LogP) is -0.552. The van der Waals surface area contributed by atoms with E-state index in [1.165, 1.54) is 6.92 Å². The van der Waals surface area contributed by atoms with Crippen LogP contribution < -0.4 is 4.72 Å². The summed E-state index contributed by atoms with van der Waals surface area (Å²) >= 11 is 0. The Hall–Kier alpha value is -0.950. The molecule has 0 aliphatic rings. The Morgan fingerprint density at radius 1 is 1.33 bits per heavy atom. The molecular weight excluding hydrogens is 222 g/mol. The summed E-state index contributed by atoms with van der Waals surface area (Å²) in [7, 11) is -3.60. The molecule has 0 spiro atoms. The van der Waals surface area contributed by atoms with Crippen molar-refractivity contribution in [2.75, 3.05) is 18.9 Å². The molecule has 7 heteroatoms. The molecule has 0 atom stereocenters. The first kappa shape index (κ1) is 14.1. The maximum Gasteiger partial charge on any atom is 0.307 e. The number of esters is 1. The van der Waals surface area contributed by atoms with Crippen molar-refractivity contribution >= 4 is 21.8 Å². The molecule has 0 aromatic heterocycles. The van der Waals surface area contributed by atoms with Gasteiger partial charge in [0.15, 0.2) is 0 Å². The first-order chi connectivity index (χ1) is 6.87. The van der Waals surface area contributed by atoms with Gasteiger partial charge in [0.05, 0.1) is 13.0 Å². The van der Waals surface area contributed by atoms with Gasteiger partial charge in [-0.3, -0.25) is 9.59 Å². The average molecular weight is 237 g/mol. The second kappa shape index (κ2) is 6.52. The van der Waals surface area contributed by atoms with Gasteiger partial charge in [-0.25, -0.2) is 13.1 Å². The van der Waals surface area contributed by atoms with Crippen molar-refractivity contribution < 1.29 is 22.7 Å². The Labute approximate surface area is 89.0 Å². The monoisotopic (exact) mass is 237 g/mol. The normalized spacial score (nSPS) is 11.1. The van der Waals surface area contributed by atoms with Crippen LogP contribution in [0.3, 0.4) is 0 Å². The molecule has 0 amide bonds. The summed E-state index contributed by atoms with van der Waals surface area (Å²) in [6.45, 7) is 3.07. The third-order valence-electron chi connectivity index (χ3n) is 1.35. The van der Waals surface area contributed by atoms with E-state index in [9.17, 15) is 18.0 Å². The number of carbonyl (C=O) groups is 2. The van der Waals surface area contributed by atoms with Crippen molar-refractivity contribution in [3.05, 3.63) is 0 Å². The average Bonchev–Trinajstić information content (AvgIpc) is 2.01. The molecule has 0 heterocycles. The number of Topliss-reactive ketones (excluding diaryl/α,β-unsaturated/α-hetero) is 1. The van der Waals surface area contributed by atoms with Crippen LogP contribution in [0.2, 0.25) is 0 Å². The molecular formula is C8H15NO5S. The van der Waals surface area contributed by atoms with E-state index in [4.69, 9.17) is 0 Å². The number of sulfonamides is 1. The Morgan fingerprint density at radius 3 is 2.40 bits per heavy atom. The van der Waals surface area contributed by atoms with Crippen LogP contribution >= 0.6 is 0 Å². The largest absolute Gasteiger partial charge is 0.466 e. The fourth-order valence-electron chi connectivity index (χ4n) is 0.860. The second-order valence-corrected chi connectivity index (χ2v) is 4.72. The van der Waals surface area contributed by atoms with E-state index >= 15 is 0 Å². The first-order valence-electron chi connectivity index (χ1n) is 4.49. The molecule has 0 aromatic rings. The Balaban J connectivity index is 3.85. The zero-order chi connectivity index (χ0) is 11.9. The molecule has 6 nitrogen and oxygen atoms in total. The highest BCUT2D eigenvalue weighted by Crippen LogP contribution is 1.89. The Kier molecular flexibility index (Phi) is 6.11. The molecule has 0 unspecified atom stereocenters. The minimum absolute atomic E-state index is 0.0367. The van der Waals surface area contributed by atoms with E-state index in [0.717, 1.165) is 0 Å². The number of ether oxygens (including phenoxy) is 1. The number of nitrogens with one attached hydrogen (secondary N) is 1. The van der Waals surface area contributed by atoms with Gasteiger partial charge in [-0.2, -0.15) is 0 Å². The molecule has 0 aliphatic heterocycles. The number of ketones is 1. The smallest absolute Gasteiger partial charge is 0.307 e. The summed E-state index contributed by atoms with van der Waals surface area (Å²) in [4.78, 5) is 21.4. The van der Waals surface area contributed by atoms with Crippen LogP contribution in [-0.2, 0) is 24.3 Å². The minimum Gasteiger partial charge on any atom is -0.466 e. The lowest BCUT2D eigenvalue weighted by molar-refractivity contribution is -0.142. The summed E-state index contributed by atoms with van der Waals surface area (Å²) in [6.07, 6.45) is -0.0367. The molecule has 0 aliphatic carbocycles. The minimum atomic E-state index is -3.60. The molecule has 15 heavy (non-hydrogen) atoms. The highest BCUT2D eigenvalue weighted by Gasteiger charge is 2.13. The summed E-state index contributed by atoms with van der Waals surface area (Å²) < 4.78 is 28.9. The second-order valence-electron chi connectivity index (χ2n) is 2.91. The van der Waals surface area contributed by atoms with Gasteiger partial charge in [-0.1, -0.05) is 0 Å². The lowest BCUT2D eigenvalue weighted by Crippen LogP contribution is -2.31. The standard InChI is InChI=1S/C8H15NO5S/c1-3-14-8(11)4-5-9-15(12,13)6-7(2)10/h9H,3-6H2,1-2H3. The van der Waals surface area contributed by atoms with E-state index in [1.54, 1.807) is 6.92 Å². The molecule has 0 fully saturated rings. The van der Waals surface area contributed by atoms with Crippen LogP contribution in [0.15, 0.2) is 0 Å². The molecule has 0 rings (SSSR count). The van der Waals surface area contributed by atoms with Crippen LogP contribution in [0.5, 0.6) is 0 Å². The SMILES string of the molecule is CCOC(=O)CCNS(=O)(=O)CC(C)=O. The van der Waals surface area contributed by atoms with E-state index in [1.807, 2.05) is 0 Å². The molecule has 0 aromatic carbocycles. The van der Waals surface area contributed by atoms with Gasteiger partial charge in [0.25, 0.3) is 0 Å². The van der Waals surface area contributed by atoms with E-state index in [-0.39, 0.29) is 19.6 Å². The van der Waals surface area contributed by atoms with E-state index in [2.05, 4.69) is 9.46 Å². The van der Waals surface area contributed by atoms with Gasteiger partial charge in [0.2, 0.25) is 10.0 Å². The zero-order valence-corrected chi connectivity index (χ0v) is 9.59. The zero-order valence-electron chi connectivity index (χ0n) is 8.78. The topological polar surface area (TPSA) is 89.5 Å². The molecule has 88 valence electrons. The van der Waals surface area contributed by atoms with Gasteiger partial charge < -0.3 is 4.74 Å². The van der Waals surface area contributed by atoms with Crippen LogP contribution in [0.4, 0.5) is 0 Å². The number of hydrogen-bond donors (Lipinski definition) is 1. The van der Waals surface area contributed by atoms with Crippen molar-refractivity contribution in [3.63, 3.8) is 0 Å². The first-order valence-corrected chi connectivity index (χ1v) is 6.15. The summed E-state index contributed by atoms with van der Waals surface area (Å²) in [6, 6.07) is 0. The highest BCUT2D eigenvalue weighted by atomic mass is 32.2. The number of carbonyl (C=O) groups excluding carboxylic acids is 2. The maximum absolute atomic E-state index is 11.1. The van der Waals surface area contributed by atoms with Crippen LogP contribution in [-0.4, -0.2) is 39.1 Å².